The van der Waals surface area contributed by atoms with E-state index in [-0.39, 0.29) is 11.5 Å². The highest BCUT2D eigenvalue weighted by atomic mass is 19.4. The molecule has 6 aromatic rings. The summed E-state index contributed by atoms with van der Waals surface area (Å²) in [6.45, 7) is 0. The summed E-state index contributed by atoms with van der Waals surface area (Å²) in [5.74, 6) is 0.631. The molecular formula is C56H46F3N3O. The van der Waals surface area contributed by atoms with Crippen molar-refractivity contribution in [3.63, 3.8) is 0 Å². The van der Waals surface area contributed by atoms with Crippen molar-refractivity contribution in [2.45, 2.75) is 57.0 Å². The molecule has 4 nitrogen and oxygen atoms in total. The molecule has 1 heterocycles. The molecule has 0 N–H and O–H groups in total. The van der Waals surface area contributed by atoms with Gasteiger partial charge < -0.3 is 14.2 Å². The first-order valence-electron chi connectivity index (χ1n) is 21.8. The molecule has 0 bridgehead atoms. The van der Waals surface area contributed by atoms with Crippen LogP contribution >= 0.6 is 0 Å². The average molecular weight is 834 g/mol. The van der Waals surface area contributed by atoms with E-state index in [1.54, 1.807) is 30.3 Å². The Morgan fingerprint density at radius 1 is 0.587 bits per heavy atom. The fraction of sp³-hybridized carbons (Fsp3) is 0.161. The fourth-order valence-corrected chi connectivity index (χ4v) is 9.01. The number of hydrogen-bond acceptors (Lipinski definition) is 4. The maximum atomic E-state index is 15.2. The number of halogens is 3. The molecule has 4 aliphatic rings. The van der Waals surface area contributed by atoms with Crippen molar-refractivity contribution in [3.05, 3.63) is 228 Å². The van der Waals surface area contributed by atoms with Gasteiger partial charge in [-0.15, -0.1) is 0 Å². The van der Waals surface area contributed by atoms with Crippen LogP contribution < -0.4 is 9.80 Å². The van der Waals surface area contributed by atoms with Crippen molar-refractivity contribution in [1.82, 2.24) is 4.98 Å². The molecular weight excluding hydrogens is 788 g/mol. The molecule has 1 unspecified atom stereocenters. The van der Waals surface area contributed by atoms with Gasteiger partial charge >= 0.3 is 6.18 Å². The summed E-state index contributed by atoms with van der Waals surface area (Å²) in [6, 6.07) is 39.1. The van der Waals surface area contributed by atoms with Crippen molar-refractivity contribution >= 4 is 39.3 Å². The van der Waals surface area contributed by atoms with Crippen LogP contribution in [0.4, 0.5) is 30.2 Å². The molecule has 10 rings (SSSR count). The van der Waals surface area contributed by atoms with Gasteiger partial charge in [0.05, 0.1) is 5.56 Å². The first-order valence-corrected chi connectivity index (χ1v) is 21.8. The lowest BCUT2D eigenvalue weighted by molar-refractivity contribution is -0.137. The number of alkyl halides is 3. The van der Waals surface area contributed by atoms with Gasteiger partial charge in [-0.2, -0.15) is 13.2 Å². The molecule has 0 aliphatic heterocycles. The van der Waals surface area contributed by atoms with E-state index in [1.165, 1.54) is 22.8 Å². The van der Waals surface area contributed by atoms with Crippen LogP contribution in [0.1, 0.15) is 73.4 Å². The normalized spacial score (nSPS) is 17.4. The topological polar surface area (TPSA) is 32.5 Å². The van der Waals surface area contributed by atoms with Crippen LogP contribution in [0, 0.1) is 0 Å². The van der Waals surface area contributed by atoms with Gasteiger partial charge in [-0.25, -0.2) is 4.98 Å². The van der Waals surface area contributed by atoms with Crippen LogP contribution in [-0.2, 0) is 6.18 Å². The largest absolute Gasteiger partial charge is 0.436 e. The van der Waals surface area contributed by atoms with Gasteiger partial charge in [-0.05, 0) is 140 Å². The highest BCUT2D eigenvalue weighted by Crippen LogP contribution is 2.43. The Hall–Kier alpha value is -7.12. The van der Waals surface area contributed by atoms with Crippen LogP contribution in [0.25, 0.3) is 33.4 Å². The quantitative estimate of drug-likeness (QED) is 0.138. The van der Waals surface area contributed by atoms with Crippen molar-refractivity contribution in [2.24, 2.45) is 0 Å². The van der Waals surface area contributed by atoms with E-state index in [0.717, 1.165) is 79.0 Å². The zero-order valence-corrected chi connectivity index (χ0v) is 34.8. The number of hydrogen-bond donors (Lipinski definition) is 0. The number of para-hydroxylation sites is 1. The Kier molecular flexibility index (Phi) is 11.0. The van der Waals surface area contributed by atoms with Gasteiger partial charge in [0.25, 0.3) is 0 Å². The van der Waals surface area contributed by atoms with Crippen LogP contribution in [0.3, 0.4) is 0 Å². The van der Waals surface area contributed by atoms with Gasteiger partial charge in [-0.3, -0.25) is 0 Å². The predicted octanol–water partition coefficient (Wildman–Crippen LogP) is 15.8. The zero-order valence-electron chi connectivity index (χ0n) is 34.8. The van der Waals surface area contributed by atoms with E-state index in [0.29, 0.717) is 28.2 Å². The number of aromatic nitrogens is 1. The SMILES string of the molecule is FC(F)(F)c1cc(N(C2=CCCC=C2)C2=CCC(c3ccccc3)C=C2)ccc1-c1ccc2nc(C3=CCCC(N(c4ccccc4)c4ccc(C5=CCCC=C5)cc4)=C3)oc2c1. The van der Waals surface area contributed by atoms with Gasteiger partial charge in [0.15, 0.2) is 5.58 Å². The minimum atomic E-state index is -4.62. The third-order valence-electron chi connectivity index (χ3n) is 12.2. The van der Waals surface area contributed by atoms with Crippen molar-refractivity contribution in [3.8, 4) is 11.1 Å². The predicted molar refractivity (Wildman–Crippen MR) is 251 cm³/mol. The summed E-state index contributed by atoms with van der Waals surface area (Å²) in [5.41, 5.74) is 10.6. The molecule has 0 fully saturated rings. The molecule has 0 saturated heterocycles. The Morgan fingerprint density at radius 3 is 2.00 bits per heavy atom. The molecule has 0 saturated carbocycles. The average Bonchev–Trinajstić information content (AvgIpc) is 3.77. The van der Waals surface area contributed by atoms with Crippen LogP contribution in [0.2, 0.25) is 0 Å². The first-order chi connectivity index (χ1) is 30.9. The Balaban J connectivity index is 0.960. The number of oxazole rings is 1. The summed E-state index contributed by atoms with van der Waals surface area (Å²) in [4.78, 5) is 9.06. The molecule has 7 heteroatoms. The zero-order chi connectivity index (χ0) is 42.8. The lowest BCUT2D eigenvalue weighted by Crippen LogP contribution is -2.23. The third-order valence-corrected chi connectivity index (χ3v) is 12.2. The lowest BCUT2D eigenvalue weighted by Gasteiger charge is -2.31. The number of benzene rings is 5. The summed E-state index contributed by atoms with van der Waals surface area (Å²) >= 11 is 0. The van der Waals surface area contributed by atoms with E-state index >= 15 is 13.2 Å². The van der Waals surface area contributed by atoms with E-state index in [1.807, 2.05) is 53.5 Å². The molecule has 1 atom stereocenters. The maximum absolute atomic E-state index is 15.2. The summed E-state index contributed by atoms with van der Waals surface area (Å²) < 4.78 is 51.9. The molecule has 312 valence electrons. The van der Waals surface area contributed by atoms with Crippen LogP contribution in [0.15, 0.2) is 210 Å². The Labute approximate surface area is 366 Å². The standard InChI is InChI=1S/C56H46F3N3O/c57-56(58,59)52-38-50(62(46-21-11-4-12-22-46)48-31-26-42(27-32-48)40-16-7-2-8-17-40)33-34-51(52)43-28-35-53-54(37-43)63-55(60-53)44-18-13-23-49(36-44)61(45-19-9-3-10-20-45)47-29-24-41(25-30-47)39-14-5-1-6-15-39/h2-3,5,7-11,14-22,24-26,28-38,42H,1,4,6,12-13,23,27H2. The molecule has 1 aromatic heterocycles. The molecule has 5 aromatic carbocycles. The number of anilines is 3. The van der Waals surface area contributed by atoms with Gasteiger partial charge in [0, 0.05) is 45.6 Å². The summed E-state index contributed by atoms with van der Waals surface area (Å²) in [5, 5.41) is 0. The molecule has 0 amide bonds. The fourth-order valence-electron chi connectivity index (χ4n) is 9.01. The Bertz CT molecular complexity index is 2910. The Morgan fingerprint density at radius 2 is 1.29 bits per heavy atom. The monoisotopic (exact) mass is 833 g/mol. The highest BCUT2D eigenvalue weighted by molar-refractivity contribution is 5.86. The first kappa shape index (κ1) is 40.0. The smallest absolute Gasteiger partial charge is 0.417 e. The number of fused-ring (bicyclic) bond motifs is 1. The van der Waals surface area contributed by atoms with E-state index < -0.39 is 11.7 Å². The van der Waals surface area contributed by atoms with Crippen molar-refractivity contribution in [1.29, 1.82) is 0 Å². The van der Waals surface area contributed by atoms with Crippen LogP contribution in [0.5, 0.6) is 0 Å². The van der Waals surface area contributed by atoms with E-state index in [2.05, 4.69) is 108 Å². The second kappa shape index (κ2) is 17.3. The van der Waals surface area contributed by atoms with Crippen molar-refractivity contribution in [2.75, 3.05) is 9.80 Å². The molecule has 0 spiro atoms. The maximum Gasteiger partial charge on any atom is 0.417 e. The molecule has 0 radical (unpaired) electrons. The second-order valence-corrected chi connectivity index (χ2v) is 16.3. The van der Waals surface area contributed by atoms with Gasteiger partial charge in [0.2, 0.25) is 5.89 Å². The molecule has 63 heavy (non-hydrogen) atoms. The summed E-state index contributed by atoms with van der Waals surface area (Å²) in [6.07, 6.45) is 25.0. The second-order valence-electron chi connectivity index (χ2n) is 16.3. The van der Waals surface area contributed by atoms with Crippen LogP contribution in [-0.4, -0.2) is 4.98 Å². The minimum Gasteiger partial charge on any atom is -0.436 e. The van der Waals surface area contributed by atoms with E-state index in [4.69, 9.17) is 9.40 Å². The van der Waals surface area contributed by atoms with Crippen molar-refractivity contribution < 1.29 is 17.6 Å². The third kappa shape index (κ3) is 8.44. The number of allylic oxidation sites excluding steroid dienone is 14. The van der Waals surface area contributed by atoms with E-state index in [9.17, 15) is 0 Å². The molecule has 4 aliphatic carbocycles. The van der Waals surface area contributed by atoms with Gasteiger partial charge in [0.1, 0.15) is 5.52 Å². The lowest BCUT2D eigenvalue weighted by atomic mass is 9.91. The summed E-state index contributed by atoms with van der Waals surface area (Å²) in [7, 11) is 0. The highest BCUT2D eigenvalue weighted by Gasteiger charge is 2.35. The van der Waals surface area contributed by atoms with Gasteiger partial charge in [-0.1, -0.05) is 121 Å². The number of nitrogens with zero attached hydrogens (tertiary/aromatic N) is 3. The minimum absolute atomic E-state index is 0.0795. The number of rotatable bonds is 10.